The number of halogens is 1. The third kappa shape index (κ3) is 2.12. The Morgan fingerprint density at radius 1 is 1.04 bits per heavy atom. The van der Waals surface area contributed by atoms with E-state index in [1.807, 2.05) is 48.5 Å². The highest BCUT2D eigenvalue weighted by Gasteiger charge is 2.55. The number of H-pyrrole nitrogens is 1. The Balaban J connectivity index is 1.93. The van der Waals surface area contributed by atoms with E-state index in [4.69, 9.17) is 4.98 Å². The zero-order chi connectivity index (χ0) is 19.5. The zero-order valence-corrected chi connectivity index (χ0v) is 16.6. The second-order valence-electron chi connectivity index (χ2n) is 6.90. The summed E-state index contributed by atoms with van der Waals surface area (Å²) in [5, 5.41) is 10.7. The lowest BCUT2D eigenvalue weighted by atomic mass is 9.74. The first-order valence-electron chi connectivity index (χ1n) is 8.85. The van der Waals surface area contributed by atoms with Crippen molar-refractivity contribution in [2.24, 2.45) is 0 Å². The summed E-state index contributed by atoms with van der Waals surface area (Å²) in [5.41, 5.74) is 2.43. The van der Waals surface area contributed by atoms with E-state index in [0.717, 1.165) is 26.8 Å². The van der Waals surface area contributed by atoms with Crippen molar-refractivity contribution in [1.82, 2.24) is 9.97 Å². The lowest BCUT2D eigenvalue weighted by Gasteiger charge is -2.27. The van der Waals surface area contributed by atoms with Crippen LogP contribution in [0.2, 0.25) is 0 Å². The predicted molar refractivity (Wildman–Crippen MR) is 112 cm³/mol. The number of likely N-dealkylation sites (N-methyl/N-ethyl adjacent to an activating group) is 1. The standard InChI is InChI=1S/C22H16BrN3O2/c1-26-18-12-13(23)10-11-14(18)22(21(26)28,15-6-2-5-9-19(15)27)20-24-16-7-3-4-8-17(16)25-20/h2-12,27H,1H3,(H,24,25). The molecule has 2 heterocycles. The first kappa shape index (κ1) is 17.0. The molecule has 6 heteroatoms. The number of amides is 1. The van der Waals surface area contributed by atoms with Gasteiger partial charge < -0.3 is 15.0 Å². The van der Waals surface area contributed by atoms with E-state index in [0.29, 0.717) is 11.4 Å². The molecule has 0 aliphatic carbocycles. The number of benzene rings is 3. The van der Waals surface area contributed by atoms with E-state index in [9.17, 15) is 9.90 Å². The zero-order valence-electron chi connectivity index (χ0n) is 15.0. The van der Waals surface area contributed by atoms with Crippen LogP contribution in [0.1, 0.15) is 17.0 Å². The summed E-state index contributed by atoms with van der Waals surface area (Å²) in [4.78, 5) is 23.5. The average molecular weight is 434 g/mol. The van der Waals surface area contributed by atoms with Gasteiger partial charge in [-0.15, -0.1) is 0 Å². The van der Waals surface area contributed by atoms with Gasteiger partial charge in [-0.3, -0.25) is 4.79 Å². The minimum atomic E-state index is -1.25. The number of rotatable bonds is 2. The topological polar surface area (TPSA) is 69.2 Å². The quantitative estimate of drug-likeness (QED) is 0.493. The fraction of sp³-hybridized carbons (Fsp3) is 0.0909. The van der Waals surface area contributed by atoms with Crippen molar-refractivity contribution in [2.45, 2.75) is 5.41 Å². The van der Waals surface area contributed by atoms with Crippen LogP contribution in [0, 0.1) is 0 Å². The summed E-state index contributed by atoms with van der Waals surface area (Å²) in [7, 11) is 1.75. The van der Waals surface area contributed by atoms with Crippen molar-refractivity contribution in [2.75, 3.05) is 11.9 Å². The number of para-hydroxylation sites is 3. The van der Waals surface area contributed by atoms with Crippen molar-refractivity contribution in [1.29, 1.82) is 0 Å². The number of aromatic nitrogens is 2. The highest BCUT2D eigenvalue weighted by molar-refractivity contribution is 9.10. The number of imidazole rings is 1. The second kappa shape index (κ2) is 5.94. The van der Waals surface area contributed by atoms with Gasteiger partial charge >= 0.3 is 0 Å². The number of aromatic amines is 1. The maximum Gasteiger partial charge on any atom is 0.249 e. The molecular formula is C22H16BrN3O2. The van der Waals surface area contributed by atoms with Crippen molar-refractivity contribution in [3.63, 3.8) is 0 Å². The molecule has 5 nitrogen and oxygen atoms in total. The average Bonchev–Trinajstić information content (AvgIpc) is 3.22. The maximum absolute atomic E-state index is 13.8. The molecule has 0 radical (unpaired) electrons. The van der Waals surface area contributed by atoms with Gasteiger partial charge in [-0.1, -0.05) is 52.3 Å². The molecule has 0 bridgehead atoms. The largest absolute Gasteiger partial charge is 0.508 e. The number of aromatic hydroxyl groups is 1. The van der Waals surface area contributed by atoms with E-state index < -0.39 is 5.41 Å². The van der Waals surface area contributed by atoms with E-state index in [-0.39, 0.29) is 11.7 Å². The molecule has 0 saturated heterocycles. The number of nitrogens with zero attached hydrogens (tertiary/aromatic N) is 2. The van der Waals surface area contributed by atoms with Gasteiger partial charge in [0.25, 0.3) is 0 Å². The molecule has 1 unspecified atom stereocenters. The van der Waals surface area contributed by atoms with Crippen molar-refractivity contribution >= 4 is 38.6 Å². The number of carbonyl (C=O) groups excluding carboxylic acids is 1. The van der Waals surface area contributed by atoms with Crippen LogP contribution >= 0.6 is 15.9 Å². The Kier molecular flexibility index (Phi) is 3.61. The molecule has 28 heavy (non-hydrogen) atoms. The number of hydrogen-bond acceptors (Lipinski definition) is 3. The Morgan fingerprint density at radius 2 is 1.79 bits per heavy atom. The Hall–Kier alpha value is -3.12. The van der Waals surface area contributed by atoms with Crippen LogP contribution in [-0.2, 0) is 10.2 Å². The van der Waals surface area contributed by atoms with Crippen LogP contribution in [0.5, 0.6) is 5.75 Å². The van der Waals surface area contributed by atoms with E-state index in [1.54, 1.807) is 30.1 Å². The number of hydrogen-bond donors (Lipinski definition) is 2. The van der Waals surface area contributed by atoms with Crippen LogP contribution in [0.25, 0.3) is 11.0 Å². The van der Waals surface area contributed by atoms with Crippen LogP contribution in [-0.4, -0.2) is 28.0 Å². The van der Waals surface area contributed by atoms with E-state index in [2.05, 4.69) is 20.9 Å². The maximum atomic E-state index is 13.8. The number of anilines is 1. The van der Waals surface area contributed by atoms with E-state index >= 15 is 0 Å². The molecule has 0 saturated carbocycles. The van der Waals surface area contributed by atoms with Crippen molar-refractivity contribution in [3.8, 4) is 5.75 Å². The number of fused-ring (bicyclic) bond motifs is 2. The molecule has 1 aromatic heterocycles. The van der Waals surface area contributed by atoms with Gasteiger partial charge in [-0.2, -0.15) is 0 Å². The minimum Gasteiger partial charge on any atom is -0.508 e. The smallest absolute Gasteiger partial charge is 0.249 e. The number of phenols is 1. The lowest BCUT2D eigenvalue weighted by molar-refractivity contribution is -0.120. The monoisotopic (exact) mass is 433 g/mol. The number of nitrogens with one attached hydrogen (secondary N) is 1. The Morgan fingerprint density at radius 3 is 2.57 bits per heavy atom. The highest BCUT2D eigenvalue weighted by atomic mass is 79.9. The molecule has 4 aromatic rings. The van der Waals surface area contributed by atoms with Crippen LogP contribution < -0.4 is 4.90 Å². The predicted octanol–water partition coefficient (Wildman–Crippen LogP) is 4.34. The molecule has 5 rings (SSSR count). The normalized spacial score (nSPS) is 18.6. The molecule has 1 atom stereocenters. The second-order valence-corrected chi connectivity index (χ2v) is 7.81. The SMILES string of the molecule is CN1C(=O)C(c2nc3ccccc3[nH]2)(c2ccccc2O)c2ccc(Br)cc21. The summed E-state index contributed by atoms with van der Waals surface area (Å²) in [6.07, 6.45) is 0. The molecular weight excluding hydrogens is 418 g/mol. The molecule has 138 valence electrons. The number of phenolic OH excluding ortho intramolecular Hbond substituents is 1. The molecule has 3 aromatic carbocycles. The lowest BCUT2D eigenvalue weighted by Crippen LogP contribution is -2.41. The molecule has 1 aliphatic rings. The van der Waals surface area contributed by atoms with Gasteiger partial charge in [-0.05, 0) is 30.3 Å². The van der Waals surface area contributed by atoms with Gasteiger partial charge in [0.15, 0.2) is 5.41 Å². The molecule has 0 spiro atoms. The van der Waals surface area contributed by atoms with Crippen LogP contribution in [0.4, 0.5) is 5.69 Å². The van der Waals surface area contributed by atoms with Gasteiger partial charge in [-0.25, -0.2) is 4.98 Å². The fourth-order valence-electron chi connectivity index (χ4n) is 4.11. The number of carbonyl (C=O) groups is 1. The molecule has 0 fully saturated rings. The molecule has 1 aliphatic heterocycles. The summed E-state index contributed by atoms with van der Waals surface area (Å²) in [5.74, 6) is 0.384. The third-order valence-corrected chi connectivity index (χ3v) is 5.90. The van der Waals surface area contributed by atoms with Crippen molar-refractivity contribution < 1.29 is 9.90 Å². The Labute approximate surface area is 169 Å². The van der Waals surface area contributed by atoms with Gasteiger partial charge in [0, 0.05) is 28.3 Å². The van der Waals surface area contributed by atoms with Gasteiger partial charge in [0.2, 0.25) is 5.91 Å². The molecule has 2 N–H and O–H groups in total. The minimum absolute atomic E-state index is 0.0560. The summed E-state index contributed by atoms with van der Waals surface area (Å²) >= 11 is 3.49. The third-order valence-electron chi connectivity index (χ3n) is 5.40. The van der Waals surface area contributed by atoms with Gasteiger partial charge in [0.05, 0.1) is 11.0 Å². The van der Waals surface area contributed by atoms with Gasteiger partial charge in [0.1, 0.15) is 11.6 Å². The van der Waals surface area contributed by atoms with Crippen LogP contribution in [0.15, 0.2) is 71.2 Å². The highest BCUT2D eigenvalue weighted by Crippen LogP contribution is 2.51. The van der Waals surface area contributed by atoms with E-state index in [1.165, 1.54) is 0 Å². The summed E-state index contributed by atoms with van der Waals surface area (Å²) < 4.78 is 0.878. The summed E-state index contributed by atoms with van der Waals surface area (Å²) in [6.45, 7) is 0. The first-order chi connectivity index (χ1) is 13.5. The Bertz CT molecular complexity index is 1220. The molecule has 1 amide bonds. The fourth-order valence-corrected chi connectivity index (χ4v) is 4.46. The summed E-state index contributed by atoms with van der Waals surface area (Å²) in [6, 6.07) is 20.4. The van der Waals surface area contributed by atoms with Crippen LogP contribution in [0.3, 0.4) is 0 Å². The first-order valence-corrected chi connectivity index (χ1v) is 9.64. The van der Waals surface area contributed by atoms with Crippen molar-refractivity contribution in [3.05, 3.63) is 88.2 Å².